The Morgan fingerprint density at radius 1 is 1.19 bits per heavy atom. The third-order valence-electron chi connectivity index (χ3n) is 4.97. The maximum absolute atomic E-state index is 12.6. The van der Waals surface area contributed by atoms with Gasteiger partial charge in [0.25, 0.3) is 5.91 Å². The van der Waals surface area contributed by atoms with E-state index in [0.717, 1.165) is 23.4 Å². The lowest BCUT2D eigenvalue weighted by atomic mass is 9.96. The number of nitrogens with one attached hydrogen (secondary N) is 2. The molecule has 1 aliphatic carbocycles. The number of aromatic nitrogens is 3. The molecule has 1 fully saturated rings. The number of nitrogens with zero attached hydrogens (tertiary/aromatic N) is 4. The van der Waals surface area contributed by atoms with Crippen LogP contribution in [0.5, 0.6) is 0 Å². The zero-order chi connectivity index (χ0) is 18.6. The van der Waals surface area contributed by atoms with Crippen molar-refractivity contribution in [3.63, 3.8) is 0 Å². The molecule has 27 heavy (non-hydrogen) atoms. The molecule has 3 amide bonds. The topological polar surface area (TPSA) is 100 Å². The number of fused-ring (bicyclic) bond motifs is 1. The number of carbonyl (C=O) groups excluding carboxylic acids is 2. The molecule has 2 N–H and O–H groups in total. The molecule has 0 spiro atoms. The minimum Gasteiger partial charge on any atom is -0.335 e. The van der Waals surface area contributed by atoms with Crippen molar-refractivity contribution in [2.24, 2.45) is 0 Å². The second-order valence-electron chi connectivity index (χ2n) is 6.89. The van der Waals surface area contributed by atoms with Gasteiger partial charge in [-0.05, 0) is 12.8 Å². The van der Waals surface area contributed by atoms with E-state index in [9.17, 15) is 9.59 Å². The quantitative estimate of drug-likeness (QED) is 0.844. The predicted molar refractivity (Wildman–Crippen MR) is 102 cm³/mol. The molecule has 0 unspecified atom stereocenters. The van der Waals surface area contributed by atoms with E-state index < -0.39 is 0 Å². The fourth-order valence-corrected chi connectivity index (χ4v) is 4.53. The molecule has 2 aromatic heterocycles. The Morgan fingerprint density at radius 3 is 2.81 bits per heavy atom. The second kappa shape index (κ2) is 7.99. The smallest absolute Gasteiger partial charge is 0.317 e. The average Bonchev–Trinajstić information content (AvgIpc) is 3.10. The number of rotatable bonds is 3. The van der Waals surface area contributed by atoms with Gasteiger partial charge in [-0.2, -0.15) is 0 Å². The molecule has 0 bridgehead atoms. The Bertz CT molecular complexity index is 819. The maximum Gasteiger partial charge on any atom is 0.317 e. The van der Waals surface area contributed by atoms with Crippen LogP contribution in [-0.2, 0) is 13.0 Å². The molecule has 0 atom stereocenters. The van der Waals surface area contributed by atoms with Crippen LogP contribution in [0.4, 0.5) is 9.93 Å². The summed E-state index contributed by atoms with van der Waals surface area (Å²) in [5, 5.41) is 6.47. The van der Waals surface area contributed by atoms with Gasteiger partial charge in [-0.25, -0.2) is 14.8 Å². The highest BCUT2D eigenvalue weighted by Crippen LogP contribution is 2.29. The van der Waals surface area contributed by atoms with Gasteiger partial charge in [-0.3, -0.25) is 15.1 Å². The summed E-state index contributed by atoms with van der Waals surface area (Å²) in [6, 6.07) is 0.307. The Labute approximate surface area is 161 Å². The molecule has 1 aliphatic heterocycles. The molecular weight excluding hydrogens is 364 g/mol. The zero-order valence-corrected chi connectivity index (χ0v) is 15.8. The lowest BCUT2D eigenvalue weighted by molar-refractivity contribution is 0.102. The number of anilines is 1. The molecular formula is C18H22N6O2S. The molecule has 2 aromatic rings. The summed E-state index contributed by atoms with van der Waals surface area (Å²) in [7, 11) is 0. The predicted octanol–water partition coefficient (Wildman–Crippen LogP) is 2.59. The first kappa shape index (κ1) is 17.8. The Hall–Kier alpha value is -2.55. The number of hydrogen-bond donors (Lipinski definition) is 2. The summed E-state index contributed by atoms with van der Waals surface area (Å²) in [6.45, 7) is 1.18. The van der Waals surface area contributed by atoms with E-state index in [0.29, 0.717) is 30.7 Å². The number of carbonyl (C=O) groups is 2. The highest BCUT2D eigenvalue weighted by molar-refractivity contribution is 7.15. The normalized spacial score (nSPS) is 17.3. The van der Waals surface area contributed by atoms with Crippen LogP contribution in [0, 0.1) is 0 Å². The van der Waals surface area contributed by atoms with Gasteiger partial charge in [0.15, 0.2) is 5.13 Å². The van der Waals surface area contributed by atoms with Gasteiger partial charge in [0, 0.05) is 36.3 Å². The first-order valence-electron chi connectivity index (χ1n) is 9.30. The van der Waals surface area contributed by atoms with Crippen LogP contribution in [0.25, 0.3) is 0 Å². The van der Waals surface area contributed by atoms with Gasteiger partial charge in [-0.1, -0.05) is 30.6 Å². The van der Waals surface area contributed by atoms with E-state index in [4.69, 9.17) is 0 Å². The molecule has 3 heterocycles. The summed E-state index contributed by atoms with van der Waals surface area (Å²) in [4.78, 5) is 40.0. The van der Waals surface area contributed by atoms with Crippen molar-refractivity contribution in [2.75, 3.05) is 11.9 Å². The molecule has 0 aromatic carbocycles. The van der Waals surface area contributed by atoms with Crippen LogP contribution in [0.3, 0.4) is 0 Å². The SMILES string of the molecule is O=C(Nc1nc2c(s1)CN(C(=O)NC1CCCCC1)CC2)c1cnccn1. The van der Waals surface area contributed by atoms with Gasteiger partial charge >= 0.3 is 6.03 Å². The highest BCUT2D eigenvalue weighted by Gasteiger charge is 2.26. The van der Waals surface area contributed by atoms with Crippen molar-refractivity contribution in [3.8, 4) is 0 Å². The Morgan fingerprint density at radius 2 is 2.04 bits per heavy atom. The monoisotopic (exact) mass is 386 g/mol. The molecule has 8 nitrogen and oxygen atoms in total. The van der Waals surface area contributed by atoms with Crippen molar-refractivity contribution in [1.29, 1.82) is 0 Å². The van der Waals surface area contributed by atoms with Crippen molar-refractivity contribution in [2.45, 2.75) is 51.1 Å². The summed E-state index contributed by atoms with van der Waals surface area (Å²) in [6.07, 6.45) is 10.9. The van der Waals surface area contributed by atoms with Crippen molar-refractivity contribution in [3.05, 3.63) is 34.9 Å². The minimum absolute atomic E-state index is 0.00564. The maximum atomic E-state index is 12.6. The largest absolute Gasteiger partial charge is 0.335 e. The van der Waals surface area contributed by atoms with E-state index in [1.807, 2.05) is 4.90 Å². The molecule has 4 rings (SSSR count). The van der Waals surface area contributed by atoms with Crippen molar-refractivity contribution >= 4 is 28.4 Å². The molecule has 0 radical (unpaired) electrons. The average molecular weight is 386 g/mol. The number of amides is 3. The third kappa shape index (κ3) is 4.24. The van der Waals surface area contributed by atoms with Crippen LogP contribution in [0.1, 0.15) is 53.2 Å². The van der Waals surface area contributed by atoms with Crippen molar-refractivity contribution in [1.82, 2.24) is 25.2 Å². The van der Waals surface area contributed by atoms with E-state index in [1.165, 1.54) is 49.2 Å². The molecule has 1 saturated carbocycles. The third-order valence-corrected chi connectivity index (χ3v) is 5.97. The first-order chi connectivity index (χ1) is 13.2. The summed E-state index contributed by atoms with van der Waals surface area (Å²) < 4.78 is 0. The zero-order valence-electron chi connectivity index (χ0n) is 15.0. The van der Waals surface area contributed by atoms with Gasteiger partial charge < -0.3 is 10.2 Å². The molecule has 142 valence electrons. The lowest BCUT2D eigenvalue weighted by Gasteiger charge is -2.30. The first-order valence-corrected chi connectivity index (χ1v) is 10.1. The van der Waals surface area contributed by atoms with Gasteiger partial charge in [0.2, 0.25) is 0 Å². The minimum atomic E-state index is -0.332. The molecule has 2 aliphatic rings. The van der Waals surface area contributed by atoms with Crippen molar-refractivity contribution < 1.29 is 9.59 Å². The van der Waals surface area contributed by atoms with Crippen LogP contribution in [0.15, 0.2) is 18.6 Å². The molecule has 9 heteroatoms. The van der Waals surface area contributed by atoms with Crippen LogP contribution >= 0.6 is 11.3 Å². The summed E-state index contributed by atoms with van der Waals surface area (Å²) in [5.41, 5.74) is 1.20. The summed E-state index contributed by atoms with van der Waals surface area (Å²) >= 11 is 1.41. The highest BCUT2D eigenvalue weighted by atomic mass is 32.1. The van der Waals surface area contributed by atoms with E-state index >= 15 is 0 Å². The van der Waals surface area contributed by atoms with E-state index in [2.05, 4.69) is 25.6 Å². The van der Waals surface area contributed by atoms with E-state index in [-0.39, 0.29) is 17.6 Å². The number of urea groups is 1. The molecule has 0 saturated heterocycles. The Balaban J connectivity index is 1.37. The van der Waals surface area contributed by atoms with Gasteiger partial charge in [-0.15, -0.1) is 0 Å². The standard InChI is InChI=1S/C18H22N6O2S/c25-16(14-10-19-7-8-20-14)23-17-22-13-6-9-24(11-15(13)27-17)18(26)21-12-4-2-1-3-5-12/h7-8,10,12H,1-6,9,11H2,(H,21,26)(H,22,23,25). The van der Waals surface area contributed by atoms with Crippen LogP contribution < -0.4 is 10.6 Å². The fourth-order valence-electron chi connectivity index (χ4n) is 3.51. The van der Waals surface area contributed by atoms with Crippen LogP contribution in [-0.4, -0.2) is 44.4 Å². The van der Waals surface area contributed by atoms with E-state index in [1.54, 1.807) is 0 Å². The second-order valence-corrected chi connectivity index (χ2v) is 7.97. The fraction of sp³-hybridized carbons (Fsp3) is 0.500. The number of hydrogen-bond acceptors (Lipinski definition) is 6. The Kier molecular flexibility index (Phi) is 5.28. The van der Waals surface area contributed by atoms with Gasteiger partial charge in [0.05, 0.1) is 18.4 Å². The number of thiazole rings is 1. The van der Waals surface area contributed by atoms with Crippen LogP contribution in [0.2, 0.25) is 0 Å². The lowest BCUT2D eigenvalue weighted by Crippen LogP contribution is -2.47. The van der Waals surface area contributed by atoms with Gasteiger partial charge in [0.1, 0.15) is 5.69 Å². The summed E-state index contributed by atoms with van der Waals surface area (Å²) in [5.74, 6) is -0.332.